The molecule has 2 unspecified atom stereocenters. The van der Waals surface area contributed by atoms with Crippen molar-refractivity contribution >= 4 is 11.6 Å². The molecule has 0 saturated heterocycles. The Labute approximate surface area is 326 Å². The molecule has 0 radical (unpaired) electrons. The molecule has 2 aromatic heterocycles. The molecule has 6 heterocycles. The van der Waals surface area contributed by atoms with Crippen LogP contribution in [0.1, 0.15) is 143 Å². The maximum Gasteiger partial charge on any atom is 0.215 e. The Balaban J connectivity index is 0.871. The van der Waals surface area contributed by atoms with Gasteiger partial charge < -0.3 is 20.1 Å². The van der Waals surface area contributed by atoms with Crippen molar-refractivity contribution < 1.29 is 9.47 Å². The summed E-state index contributed by atoms with van der Waals surface area (Å²) in [5.74, 6) is 10.5. The lowest BCUT2D eigenvalue weighted by molar-refractivity contribution is -0.127. The number of nitrogens with one attached hydrogen (secondary N) is 2. The van der Waals surface area contributed by atoms with E-state index in [1.165, 1.54) is 116 Å². The highest BCUT2D eigenvalue weighted by Gasteiger charge is 2.61. The van der Waals surface area contributed by atoms with Gasteiger partial charge in [0.1, 0.15) is 17.7 Å². The van der Waals surface area contributed by atoms with Gasteiger partial charge in [0.05, 0.1) is 6.61 Å². The van der Waals surface area contributed by atoms with Gasteiger partial charge in [-0.3, -0.25) is 0 Å². The van der Waals surface area contributed by atoms with Crippen LogP contribution >= 0.6 is 0 Å². The third-order valence-corrected chi connectivity index (χ3v) is 18.4. The van der Waals surface area contributed by atoms with E-state index in [1.807, 2.05) is 0 Å². The predicted molar refractivity (Wildman–Crippen MR) is 218 cm³/mol. The molecule has 6 heteroatoms. The molecule has 0 aromatic carbocycles. The van der Waals surface area contributed by atoms with E-state index >= 15 is 0 Å². The minimum atomic E-state index is 0.300. The van der Waals surface area contributed by atoms with Gasteiger partial charge in [-0.15, -0.1) is 0 Å². The summed E-state index contributed by atoms with van der Waals surface area (Å²) in [7, 11) is 0. The summed E-state index contributed by atoms with van der Waals surface area (Å²) in [6, 6.07) is 12.7. The highest BCUT2D eigenvalue weighted by molar-refractivity contribution is 5.38. The molecule has 54 heavy (non-hydrogen) atoms. The van der Waals surface area contributed by atoms with Crippen molar-refractivity contribution in [1.29, 1.82) is 0 Å². The first kappa shape index (κ1) is 35.9. The molecule has 16 bridgehead atoms. The first-order valence-corrected chi connectivity index (χ1v) is 22.9. The van der Waals surface area contributed by atoms with Crippen LogP contribution in [0.2, 0.25) is 0 Å². The highest BCUT2D eigenvalue weighted by Crippen LogP contribution is 2.69. The van der Waals surface area contributed by atoms with Gasteiger partial charge in [-0.25, -0.2) is 0 Å². The monoisotopic (exact) mass is 735 g/mol. The zero-order valence-corrected chi connectivity index (χ0v) is 33.9. The van der Waals surface area contributed by atoms with E-state index in [1.54, 1.807) is 0 Å². The van der Waals surface area contributed by atoms with E-state index in [2.05, 4.69) is 67.8 Å². The Morgan fingerprint density at radius 1 is 0.648 bits per heavy atom. The molecule has 8 aliphatic carbocycles. The zero-order chi connectivity index (χ0) is 36.5. The van der Waals surface area contributed by atoms with Crippen LogP contribution in [0.4, 0.5) is 11.6 Å². The Hall–Kier alpha value is -2.50. The van der Waals surface area contributed by atoms with E-state index in [0.717, 1.165) is 96.9 Å². The average Bonchev–Trinajstić information content (AvgIpc) is 3.50. The maximum atomic E-state index is 6.78. The molecule has 6 nitrogen and oxygen atoms in total. The summed E-state index contributed by atoms with van der Waals surface area (Å²) in [5.41, 5.74) is 1.95. The van der Waals surface area contributed by atoms with Crippen LogP contribution in [0.15, 0.2) is 36.4 Å². The SMILES string of the molecule is C[C@@H]1CCCOc2cccc(n2)NCCC23CC4CC(C2)CC(CCNc2cccc(n2)O[C@H]2CC[C@@]5(C)[C@H](CC[C@@H]6[C@@H]5CC[C@]5(C)[C@@H]1CC[C@@H]65)C2)(C4)C3. The van der Waals surface area contributed by atoms with Crippen molar-refractivity contribution in [2.45, 2.75) is 149 Å². The van der Waals surface area contributed by atoms with Crippen LogP contribution in [0.25, 0.3) is 0 Å². The van der Waals surface area contributed by atoms with Crippen LogP contribution < -0.4 is 20.1 Å². The third-order valence-electron chi connectivity index (χ3n) is 18.4. The number of anilines is 2. The maximum absolute atomic E-state index is 6.78. The quantitative estimate of drug-likeness (QED) is 0.281. The Morgan fingerprint density at radius 3 is 2.04 bits per heavy atom. The normalized spacial score (nSPS) is 45.9. The average molecular weight is 735 g/mol. The molecule has 14 rings (SSSR count). The second-order valence-electron chi connectivity index (χ2n) is 21.4. The number of pyridine rings is 2. The molecular weight excluding hydrogens is 665 g/mol. The van der Waals surface area contributed by atoms with Crippen molar-refractivity contribution in [3.05, 3.63) is 36.4 Å². The standard InChI is InChI=1S/C48H70N4O2/c1-32-7-6-24-53-43-10-4-8-41(51-43)49-22-20-47-27-33-25-34(28-47)30-48(29-33,31-47)21-23-50-42-9-5-11-44(52-42)54-36-16-18-45(2)35(26-36)12-13-37-39-15-14-38(32)46(39,3)19-17-40(37)45/h4-5,8-11,32-40H,6-7,12-31H2,1-3H3,(H,49,51)(H,50,52)/t32-,33?,34?,35-,36+,37+,38-,39+,40+,45+,46-,47?,48?/m1/s1. The lowest BCUT2D eigenvalue weighted by Gasteiger charge is -2.62. The summed E-state index contributed by atoms with van der Waals surface area (Å²) in [5, 5.41) is 7.52. The molecule has 8 fully saturated rings. The molecule has 2 aromatic rings. The third kappa shape index (κ3) is 6.44. The van der Waals surface area contributed by atoms with E-state index in [-0.39, 0.29) is 0 Å². The number of aromatic nitrogens is 2. The van der Waals surface area contributed by atoms with E-state index in [0.29, 0.717) is 27.8 Å². The van der Waals surface area contributed by atoms with Crippen LogP contribution in [-0.2, 0) is 0 Å². The van der Waals surface area contributed by atoms with Gasteiger partial charge in [0.25, 0.3) is 0 Å². The fraction of sp³-hybridized carbons (Fsp3) is 0.792. The topological polar surface area (TPSA) is 68.3 Å². The first-order valence-electron chi connectivity index (χ1n) is 22.9. The van der Waals surface area contributed by atoms with Crippen LogP contribution in [-0.4, -0.2) is 35.8 Å². The summed E-state index contributed by atoms with van der Waals surface area (Å²) >= 11 is 0. The van der Waals surface area contributed by atoms with Crippen LogP contribution in [0, 0.1) is 69.0 Å². The van der Waals surface area contributed by atoms with E-state index in [9.17, 15) is 0 Å². The first-order chi connectivity index (χ1) is 26.2. The molecule has 11 atom stereocenters. The van der Waals surface area contributed by atoms with E-state index in [4.69, 9.17) is 19.4 Å². The number of ether oxygens (including phenoxy) is 2. The Kier molecular flexibility index (Phi) is 9.21. The largest absolute Gasteiger partial charge is 0.478 e. The van der Waals surface area contributed by atoms with Crippen molar-refractivity contribution in [3.63, 3.8) is 0 Å². The van der Waals surface area contributed by atoms with Gasteiger partial charge in [-0.05, 0) is 203 Å². The molecule has 12 aliphatic rings. The molecule has 8 saturated carbocycles. The van der Waals surface area contributed by atoms with Crippen LogP contribution in [0.5, 0.6) is 11.8 Å². The molecule has 2 spiro atoms. The second-order valence-corrected chi connectivity index (χ2v) is 21.4. The van der Waals surface area contributed by atoms with Gasteiger partial charge in [-0.1, -0.05) is 32.9 Å². The minimum Gasteiger partial charge on any atom is -0.478 e. The van der Waals surface area contributed by atoms with Crippen molar-refractivity contribution in [3.8, 4) is 11.8 Å². The molecular formula is C48H70N4O2. The van der Waals surface area contributed by atoms with Crippen molar-refractivity contribution in [1.82, 2.24) is 9.97 Å². The van der Waals surface area contributed by atoms with Gasteiger partial charge in [-0.2, -0.15) is 9.97 Å². The lowest BCUT2D eigenvalue weighted by Crippen LogP contribution is -2.54. The van der Waals surface area contributed by atoms with Crippen molar-refractivity contribution in [2.75, 3.05) is 30.3 Å². The van der Waals surface area contributed by atoms with Gasteiger partial charge in [0.2, 0.25) is 11.8 Å². The molecule has 4 aliphatic heterocycles. The molecule has 2 N–H and O–H groups in total. The number of hydrogen-bond donors (Lipinski definition) is 2. The highest BCUT2D eigenvalue weighted by atomic mass is 16.5. The zero-order valence-electron chi connectivity index (χ0n) is 33.9. The fourth-order valence-corrected chi connectivity index (χ4v) is 16.6. The predicted octanol–water partition coefficient (Wildman–Crippen LogP) is 11.6. The van der Waals surface area contributed by atoms with Gasteiger partial charge in [0.15, 0.2) is 0 Å². The summed E-state index contributed by atoms with van der Waals surface area (Å²) in [6.07, 6.45) is 26.1. The van der Waals surface area contributed by atoms with Crippen LogP contribution in [0.3, 0.4) is 0 Å². The van der Waals surface area contributed by atoms with E-state index < -0.39 is 0 Å². The van der Waals surface area contributed by atoms with Gasteiger partial charge in [0, 0.05) is 25.2 Å². The molecule has 0 amide bonds. The summed E-state index contributed by atoms with van der Waals surface area (Å²) in [6.45, 7) is 10.8. The summed E-state index contributed by atoms with van der Waals surface area (Å²) in [4.78, 5) is 9.98. The van der Waals surface area contributed by atoms with Gasteiger partial charge >= 0.3 is 0 Å². The summed E-state index contributed by atoms with van der Waals surface area (Å²) < 4.78 is 13.1. The van der Waals surface area contributed by atoms with Crippen molar-refractivity contribution in [2.24, 2.45) is 69.0 Å². The number of nitrogens with zero attached hydrogens (tertiary/aromatic N) is 2. The molecule has 294 valence electrons. The Morgan fingerprint density at radius 2 is 1.30 bits per heavy atom. The minimum absolute atomic E-state index is 0.300. The smallest absolute Gasteiger partial charge is 0.215 e. The Bertz CT molecular complexity index is 1650. The second kappa shape index (κ2) is 13.9. The number of hydrogen-bond acceptors (Lipinski definition) is 6. The number of rotatable bonds is 0. The fourth-order valence-electron chi connectivity index (χ4n) is 16.6. The lowest BCUT2D eigenvalue weighted by atomic mass is 9.43.